The monoisotopic (exact) mass is 218 g/mol. The van der Waals surface area contributed by atoms with Gasteiger partial charge in [-0.25, -0.2) is 0 Å². The van der Waals surface area contributed by atoms with E-state index in [-0.39, 0.29) is 11.5 Å². The first-order valence-corrected chi connectivity index (χ1v) is 4.94. The van der Waals surface area contributed by atoms with E-state index in [0.29, 0.717) is 28.1 Å². The van der Waals surface area contributed by atoms with Crippen LogP contribution in [0.3, 0.4) is 0 Å². The predicted molar refractivity (Wildman–Crippen MR) is 56.9 cm³/mol. The average molecular weight is 218 g/mol. The maximum Gasteiger partial charge on any atom is 0.362 e. The molecule has 0 aliphatic heterocycles. The van der Waals surface area contributed by atoms with Crippen molar-refractivity contribution in [3.63, 3.8) is 0 Å². The minimum atomic E-state index is -0.342. The van der Waals surface area contributed by atoms with Crippen LogP contribution in [0.4, 0.5) is 0 Å². The quantitative estimate of drug-likeness (QED) is 0.445. The van der Waals surface area contributed by atoms with Crippen molar-refractivity contribution in [1.82, 2.24) is 0 Å². The van der Waals surface area contributed by atoms with Crippen molar-refractivity contribution in [3.8, 4) is 0 Å². The summed E-state index contributed by atoms with van der Waals surface area (Å²) in [5.41, 5.74) is 9.67. The van der Waals surface area contributed by atoms with Gasteiger partial charge in [-0.15, -0.1) is 0 Å². The molecule has 0 fully saturated rings. The number of benzene rings is 1. The largest absolute Gasteiger partial charge is 0.362 e. The lowest BCUT2D eigenvalue weighted by molar-refractivity contribution is -0.00436. The summed E-state index contributed by atoms with van der Waals surface area (Å²) < 4.78 is 8.99. The fraction of sp³-hybridized carbons (Fsp3) is 0. The number of hydrogen-bond acceptors (Lipinski definition) is 3. The van der Waals surface area contributed by atoms with E-state index >= 15 is 0 Å². The Morgan fingerprint density at radius 3 is 2.80 bits per heavy atom. The minimum Gasteiger partial charge on any atom is -0.361 e. The summed E-state index contributed by atoms with van der Waals surface area (Å²) in [7, 11) is 0. The van der Waals surface area contributed by atoms with E-state index in [0.717, 1.165) is 0 Å². The maximum atomic E-state index is 11.7. The van der Waals surface area contributed by atoms with Crippen LogP contribution in [-0.4, -0.2) is 20.8 Å². The Morgan fingerprint density at radius 2 is 2.13 bits per heavy atom. The zero-order chi connectivity index (χ0) is 10.8. The Morgan fingerprint density at radius 1 is 1.33 bits per heavy atom. The van der Waals surface area contributed by atoms with Crippen LogP contribution in [0, 0.1) is 0 Å². The molecule has 0 aromatic heterocycles. The number of hydrogen-bond donors (Lipinski definition) is 1. The molecule has 5 heteroatoms. The van der Waals surface area contributed by atoms with Gasteiger partial charge in [-0.3, -0.25) is 4.79 Å². The van der Waals surface area contributed by atoms with Gasteiger partial charge in [-0.05, 0) is 12.1 Å². The van der Waals surface area contributed by atoms with Crippen molar-refractivity contribution in [3.05, 3.63) is 40.9 Å². The molecule has 1 aromatic rings. The Kier molecular flexibility index (Phi) is 2.51. The lowest BCUT2D eigenvalue weighted by atomic mass is 9.95. The molecule has 0 radical (unpaired) electrons. The molecule has 0 atom stereocenters. The van der Waals surface area contributed by atoms with Gasteiger partial charge in [0.15, 0.2) is 0 Å². The molecule has 1 aromatic carbocycles. The van der Waals surface area contributed by atoms with Crippen LogP contribution in [0.1, 0.15) is 15.9 Å². The highest BCUT2D eigenvalue weighted by atomic mass is 32.2. The molecule has 1 N–H and O–H groups in total. The summed E-state index contributed by atoms with van der Waals surface area (Å²) in [5.74, 6) is -0.342. The first-order valence-electron chi connectivity index (χ1n) is 4.17. The van der Waals surface area contributed by atoms with Gasteiger partial charge < -0.3 is 10.1 Å². The van der Waals surface area contributed by atoms with E-state index in [9.17, 15) is 4.79 Å². The van der Waals surface area contributed by atoms with Gasteiger partial charge in [0.05, 0.1) is 0 Å². The molecular weight excluding hydrogens is 212 g/mol. The fourth-order valence-corrected chi connectivity index (χ4v) is 1.86. The van der Waals surface area contributed by atoms with Crippen LogP contribution in [0.5, 0.6) is 0 Å². The van der Waals surface area contributed by atoms with Crippen molar-refractivity contribution >= 4 is 29.6 Å². The Labute approximate surface area is 90.1 Å². The van der Waals surface area contributed by atoms with Crippen LogP contribution in [0.2, 0.25) is 0 Å². The van der Waals surface area contributed by atoms with Crippen molar-refractivity contribution < 1.29 is 14.1 Å². The molecule has 74 valence electrons. The van der Waals surface area contributed by atoms with Gasteiger partial charge in [-0.2, -0.15) is 4.79 Å². The topological polar surface area (TPSA) is 73.7 Å². The minimum absolute atomic E-state index is 0.00240. The number of ketones is 1. The summed E-state index contributed by atoms with van der Waals surface area (Å²) in [5, 5.41) is 0. The Bertz CT molecular complexity index is 516. The standard InChI is InChI=1S/C10H6N2O2S/c11-12-8-5-4-6-7(10(8)13)2-1-3-9(6)15-14/h1-5,14H. The number of carbonyl (C=O) groups is 1. The number of allylic oxidation sites excluding steroid dienone is 1. The predicted octanol–water partition coefficient (Wildman–Crippen LogP) is 2.13. The van der Waals surface area contributed by atoms with Gasteiger partial charge in [0.25, 0.3) is 5.78 Å². The van der Waals surface area contributed by atoms with E-state index in [1.165, 1.54) is 6.08 Å². The van der Waals surface area contributed by atoms with Gasteiger partial charge in [0, 0.05) is 34.1 Å². The van der Waals surface area contributed by atoms with E-state index < -0.39 is 0 Å². The third-order valence-corrected chi connectivity index (χ3v) is 2.71. The summed E-state index contributed by atoms with van der Waals surface area (Å²) in [6.45, 7) is 0. The van der Waals surface area contributed by atoms with Gasteiger partial charge >= 0.3 is 5.71 Å². The van der Waals surface area contributed by atoms with Crippen LogP contribution in [0.15, 0.2) is 29.2 Å². The fourth-order valence-electron chi connectivity index (χ4n) is 1.45. The molecule has 2 rings (SSSR count). The Balaban J connectivity index is 2.68. The van der Waals surface area contributed by atoms with Crippen molar-refractivity contribution in [2.75, 3.05) is 0 Å². The zero-order valence-corrected chi connectivity index (χ0v) is 8.36. The van der Waals surface area contributed by atoms with Gasteiger partial charge in [-0.1, -0.05) is 12.1 Å². The summed E-state index contributed by atoms with van der Waals surface area (Å²) in [6.07, 6.45) is 3.06. The second kappa shape index (κ2) is 3.82. The highest BCUT2D eigenvalue weighted by Gasteiger charge is 2.26. The lowest BCUT2D eigenvalue weighted by Crippen LogP contribution is -2.17. The average Bonchev–Trinajstić information content (AvgIpc) is 2.29. The number of rotatable bonds is 1. The maximum absolute atomic E-state index is 11.7. The summed E-state index contributed by atoms with van der Waals surface area (Å²) in [6, 6.07) is 5.01. The molecule has 1 aliphatic carbocycles. The van der Waals surface area contributed by atoms with Gasteiger partial charge in [0.1, 0.15) is 0 Å². The molecule has 0 heterocycles. The van der Waals surface area contributed by atoms with Gasteiger partial charge in [0.2, 0.25) is 0 Å². The molecule has 0 saturated carbocycles. The second-order valence-electron chi connectivity index (χ2n) is 2.96. The number of carbonyl (C=O) groups excluding carboxylic acids is 1. The summed E-state index contributed by atoms with van der Waals surface area (Å²) >= 11 is 0.588. The van der Waals surface area contributed by atoms with Crippen LogP contribution in [0.25, 0.3) is 11.6 Å². The van der Waals surface area contributed by atoms with Crippen LogP contribution < -0.4 is 0 Å². The highest BCUT2D eigenvalue weighted by molar-refractivity contribution is 7.93. The van der Waals surface area contributed by atoms with Crippen molar-refractivity contribution in [2.24, 2.45) is 0 Å². The molecule has 0 bridgehead atoms. The van der Waals surface area contributed by atoms with E-state index in [1.54, 1.807) is 24.3 Å². The molecule has 1 aliphatic rings. The number of nitrogens with zero attached hydrogens (tertiary/aromatic N) is 2. The van der Waals surface area contributed by atoms with Crippen molar-refractivity contribution in [1.29, 1.82) is 0 Å². The Hall–Kier alpha value is -1.68. The number of Topliss-reactive ketones (excluding diaryl/α,β-unsaturated/α-hetero) is 1. The van der Waals surface area contributed by atoms with E-state index in [2.05, 4.69) is 4.79 Å². The smallest absolute Gasteiger partial charge is 0.361 e. The highest BCUT2D eigenvalue weighted by Crippen LogP contribution is 2.27. The number of fused-ring (bicyclic) bond motifs is 1. The molecular formula is C10H6N2O2S. The second-order valence-corrected chi connectivity index (χ2v) is 3.58. The first kappa shape index (κ1) is 9.86. The molecule has 0 spiro atoms. The molecule has 15 heavy (non-hydrogen) atoms. The molecule has 4 nitrogen and oxygen atoms in total. The molecule has 0 amide bonds. The van der Waals surface area contributed by atoms with Crippen LogP contribution >= 0.6 is 12.0 Å². The first-order chi connectivity index (χ1) is 7.27. The zero-order valence-electron chi connectivity index (χ0n) is 7.54. The third-order valence-electron chi connectivity index (χ3n) is 2.16. The van der Waals surface area contributed by atoms with E-state index in [4.69, 9.17) is 10.1 Å². The lowest BCUT2D eigenvalue weighted by Gasteiger charge is -2.08. The molecule has 0 saturated heterocycles. The SMILES string of the molecule is [N-]=[N+]=C1C=Cc2c(SO)cccc2C1=O. The molecule has 0 unspecified atom stereocenters. The summed E-state index contributed by atoms with van der Waals surface area (Å²) in [4.78, 5) is 15.2. The van der Waals surface area contributed by atoms with E-state index in [1.807, 2.05) is 0 Å². The third kappa shape index (κ3) is 1.53. The van der Waals surface area contributed by atoms with Crippen molar-refractivity contribution in [2.45, 2.75) is 4.90 Å². The van der Waals surface area contributed by atoms with Crippen LogP contribution in [-0.2, 0) is 0 Å². The normalized spacial score (nSPS) is 13.7.